The van der Waals surface area contributed by atoms with E-state index in [1.54, 1.807) is 0 Å². The Labute approximate surface area is 139 Å². The van der Waals surface area contributed by atoms with Crippen molar-refractivity contribution in [2.75, 3.05) is 6.54 Å². The highest BCUT2D eigenvalue weighted by molar-refractivity contribution is 5.73. The van der Waals surface area contributed by atoms with Crippen molar-refractivity contribution in [3.05, 3.63) is 29.8 Å². The monoisotopic (exact) mass is 319 g/mol. The third kappa shape index (κ3) is 6.22. The smallest absolute Gasteiger partial charge is 0.320 e. The molecule has 2 N–H and O–H groups in total. The maximum atomic E-state index is 10.9. The lowest BCUT2D eigenvalue weighted by molar-refractivity contribution is -0.139. The number of benzene rings is 1. The molecule has 0 radical (unpaired) electrons. The van der Waals surface area contributed by atoms with Crippen LogP contribution in [0.5, 0.6) is 5.75 Å². The summed E-state index contributed by atoms with van der Waals surface area (Å²) >= 11 is 0. The number of carbonyl (C=O) groups is 1. The van der Waals surface area contributed by atoms with Crippen LogP contribution in [0.25, 0.3) is 0 Å². The molecule has 1 heterocycles. The first kappa shape index (κ1) is 17.8. The van der Waals surface area contributed by atoms with Gasteiger partial charge in [0.15, 0.2) is 0 Å². The molecular formula is C19H29NO3. The molecule has 0 bridgehead atoms. The minimum Gasteiger partial charge on any atom is -0.489 e. The molecule has 0 amide bonds. The Morgan fingerprint density at radius 3 is 2.52 bits per heavy atom. The Morgan fingerprint density at radius 2 is 1.87 bits per heavy atom. The predicted octanol–water partition coefficient (Wildman–Crippen LogP) is 3.78. The lowest BCUT2D eigenvalue weighted by atomic mass is 10.0. The summed E-state index contributed by atoms with van der Waals surface area (Å²) in [6.07, 6.45) is 9.49. The Kier molecular flexibility index (Phi) is 7.40. The van der Waals surface area contributed by atoms with E-state index in [4.69, 9.17) is 9.84 Å². The first-order chi connectivity index (χ1) is 11.2. The molecule has 1 aromatic carbocycles. The zero-order valence-corrected chi connectivity index (χ0v) is 14.1. The summed E-state index contributed by atoms with van der Waals surface area (Å²) in [4.78, 5) is 10.9. The van der Waals surface area contributed by atoms with E-state index in [2.05, 4.69) is 24.4 Å². The third-order valence-corrected chi connectivity index (χ3v) is 4.43. The lowest BCUT2D eigenvalue weighted by Crippen LogP contribution is -2.30. The topological polar surface area (TPSA) is 58.6 Å². The number of hydrogen-bond acceptors (Lipinski definition) is 3. The van der Waals surface area contributed by atoms with Crippen LogP contribution in [0.4, 0.5) is 0 Å². The van der Waals surface area contributed by atoms with Gasteiger partial charge < -0.3 is 15.2 Å². The molecule has 4 nitrogen and oxygen atoms in total. The number of nitrogens with one attached hydrogen (secondary N) is 1. The van der Waals surface area contributed by atoms with E-state index in [1.807, 2.05) is 12.1 Å². The Morgan fingerprint density at radius 1 is 1.17 bits per heavy atom. The molecule has 1 saturated heterocycles. The minimum absolute atomic E-state index is 0.0551. The van der Waals surface area contributed by atoms with Gasteiger partial charge in [-0.15, -0.1) is 0 Å². The largest absolute Gasteiger partial charge is 0.489 e. The quantitative estimate of drug-likeness (QED) is 0.644. The summed E-state index contributed by atoms with van der Waals surface area (Å²) < 4.78 is 5.85. The van der Waals surface area contributed by atoms with Crippen molar-refractivity contribution in [2.24, 2.45) is 0 Å². The number of rotatable bonds is 10. The van der Waals surface area contributed by atoms with Crippen LogP contribution in [0.15, 0.2) is 24.3 Å². The van der Waals surface area contributed by atoms with Crippen molar-refractivity contribution in [2.45, 2.75) is 70.4 Å². The molecule has 1 fully saturated rings. The number of ether oxygens (including phenoxy) is 1. The molecular weight excluding hydrogens is 290 g/mol. The summed E-state index contributed by atoms with van der Waals surface area (Å²) in [6, 6.07) is 7.77. The Hall–Kier alpha value is -1.55. The summed E-state index contributed by atoms with van der Waals surface area (Å²) in [6.45, 7) is 2.84. The molecule has 1 aliphatic rings. The molecule has 0 aromatic heterocycles. The van der Waals surface area contributed by atoms with Gasteiger partial charge in [0.1, 0.15) is 17.9 Å². The highest BCUT2D eigenvalue weighted by atomic mass is 16.5. The minimum atomic E-state index is -0.801. The molecule has 0 unspecified atom stereocenters. The van der Waals surface area contributed by atoms with E-state index in [9.17, 15) is 4.79 Å². The molecule has 1 aromatic rings. The normalized spacial score (nSPS) is 20.6. The summed E-state index contributed by atoms with van der Waals surface area (Å²) in [5, 5.41) is 11.9. The molecule has 0 aliphatic carbocycles. The van der Waals surface area contributed by atoms with Gasteiger partial charge in [0, 0.05) is 13.0 Å². The number of carboxylic acids is 1. The third-order valence-electron chi connectivity index (χ3n) is 4.43. The SMILES string of the molecule is CCCCCCCCc1ccc(O[C@H]2CN[C@@H](C(=O)O)C2)cc1. The van der Waals surface area contributed by atoms with Gasteiger partial charge in [0.05, 0.1) is 0 Å². The van der Waals surface area contributed by atoms with Crippen LogP contribution in [0.3, 0.4) is 0 Å². The second kappa shape index (κ2) is 9.56. The van der Waals surface area contributed by atoms with Crippen LogP contribution in [-0.4, -0.2) is 29.8 Å². The van der Waals surface area contributed by atoms with E-state index in [-0.39, 0.29) is 6.10 Å². The average Bonchev–Trinajstić information content (AvgIpc) is 3.01. The first-order valence-electron chi connectivity index (χ1n) is 8.91. The van der Waals surface area contributed by atoms with Crippen LogP contribution in [0, 0.1) is 0 Å². The van der Waals surface area contributed by atoms with Gasteiger partial charge in [-0.25, -0.2) is 0 Å². The molecule has 1 aliphatic heterocycles. The molecule has 0 saturated carbocycles. The number of aryl methyl sites for hydroxylation is 1. The highest BCUT2D eigenvalue weighted by Crippen LogP contribution is 2.19. The highest BCUT2D eigenvalue weighted by Gasteiger charge is 2.30. The van der Waals surface area contributed by atoms with Gasteiger partial charge in [-0.3, -0.25) is 4.79 Å². The van der Waals surface area contributed by atoms with Crippen molar-refractivity contribution in [3.8, 4) is 5.75 Å². The van der Waals surface area contributed by atoms with Crippen molar-refractivity contribution in [1.82, 2.24) is 5.32 Å². The zero-order valence-electron chi connectivity index (χ0n) is 14.1. The maximum Gasteiger partial charge on any atom is 0.320 e. The standard InChI is InChI=1S/C19H29NO3/c1-2-3-4-5-6-7-8-15-9-11-16(12-10-15)23-17-13-18(19(21)22)20-14-17/h9-12,17-18,20H,2-8,13-14H2,1H3,(H,21,22)/t17-,18-/m1/s1. The van der Waals surface area contributed by atoms with Crippen molar-refractivity contribution < 1.29 is 14.6 Å². The lowest BCUT2D eigenvalue weighted by Gasteiger charge is -2.13. The Balaban J connectivity index is 1.67. The van der Waals surface area contributed by atoms with Gasteiger partial charge in [-0.05, 0) is 30.5 Å². The first-order valence-corrected chi connectivity index (χ1v) is 8.91. The van der Waals surface area contributed by atoms with Crippen molar-refractivity contribution in [1.29, 1.82) is 0 Å². The zero-order chi connectivity index (χ0) is 16.5. The van der Waals surface area contributed by atoms with Crippen LogP contribution >= 0.6 is 0 Å². The fraction of sp³-hybridized carbons (Fsp3) is 0.632. The van der Waals surface area contributed by atoms with E-state index in [1.165, 1.54) is 44.1 Å². The van der Waals surface area contributed by atoms with Crippen LogP contribution in [0.2, 0.25) is 0 Å². The molecule has 2 atom stereocenters. The number of aliphatic carboxylic acids is 1. The molecule has 0 spiro atoms. The van der Waals surface area contributed by atoms with Crippen molar-refractivity contribution >= 4 is 5.97 Å². The maximum absolute atomic E-state index is 10.9. The van der Waals surface area contributed by atoms with Crippen LogP contribution in [0.1, 0.15) is 57.4 Å². The summed E-state index contributed by atoms with van der Waals surface area (Å²) in [5.41, 5.74) is 1.35. The number of carboxylic acid groups (broad SMARTS) is 1. The van der Waals surface area contributed by atoms with Gasteiger partial charge in [0.2, 0.25) is 0 Å². The van der Waals surface area contributed by atoms with E-state index in [0.29, 0.717) is 13.0 Å². The van der Waals surface area contributed by atoms with Crippen LogP contribution in [-0.2, 0) is 11.2 Å². The van der Waals surface area contributed by atoms with Crippen molar-refractivity contribution in [3.63, 3.8) is 0 Å². The second-order valence-corrected chi connectivity index (χ2v) is 6.44. The van der Waals surface area contributed by atoms with Gasteiger partial charge in [-0.1, -0.05) is 51.2 Å². The fourth-order valence-electron chi connectivity index (χ4n) is 3.02. The summed E-state index contributed by atoms with van der Waals surface area (Å²) in [7, 11) is 0. The second-order valence-electron chi connectivity index (χ2n) is 6.44. The average molecular weight is 319 g/mol. The van der Waals surface area contributed by atoms with Crippen LogP contribution < -0.4 is 10.1 Å². The van der Waals surface area contributed by atoms with E-state index in [0.717, 1.165) is 12.2 Å². The molecule has 23 heavy (non-hydrogen) atoms. The summed E-state index contributed by atoms with van der Waals surface area (Å²) in [5.74, 6) is 0.0277. The predicted molar refractivity (Wildman–Crippen MR) is 92.0 cm³/mol. The van der Waals surface area contributed by atoms with Gasteiger partial charge in [-0.2, -0.15) is 0 Å². The molecule has 2 rings (SSSR count). The van der Waals surface area contributed by atoms with Gasteiger partial charge in [0.25, 0.3) is 0 Å². The number of unbranched alkanes of at least 4 members (excludes halogenated alkanes) is 5. The Bertz CT molecular complexity index is 472. The van der Waals surface area contributed by atoms with E-state index < -0.39 is 12.0 Å². The molecule has 4 heteroatoms. The molecule has 128 valence electrons. The van der Waals surface area contributed by atoms with E-state index >= 15 is 0 Å². The number of hydrogen-bond donors (Lipinski definition) is 2. The fourth-order valence-corrected chi connectivity index (χ4v) is 3.02. The van der Waals surface area contributed by atoms with Gasteiger partial charge >= 0.3 is 5.97 Å².